The van der Waals surface area contributed by atoms with Crippen molar-refractivity contribution in [2.75, 3.05) is 0 Å². The Morgan fingerprint density at radius 2 is 1.00 bits per heavy atom. The summed E-state index contributed by atoms with van der Waals surface area (Å²) in [6, 6.07) is 0. The molecule has 0 saturated carbocycles. The van der Waals surface area contributed by atoms with Crippen LogP contribution in [0.5, 0.6) is 0 Å². The molecular weight excluding hydrogens is 226 g/mol. The number of hydrogen-bond acceptors (Lipinski definition) is 2. The molecule has 0 aromatic heterocycles. The third-order valence-electron chi connectivity index (χ3n) is 0.955. The first-order valence-electron chi connectivity index (χ1n) is 2.46. The quantitative estimate of drug-likeness (QED) is 0.456. The van der Waals surface area contributed by atoms with Crippen molar-refractivity contribution in [3.05, 3.63) is 11.7 Å². The van der Waals surface area contributed by atoms with Gasteiger partial charge in [-0.1, -0.05) is 0 Å². The van der Waals surface area contributed by atoms with Crippen molar-refractivity contribution >= 4 is 21.6 Å². The summed E-state index contributed by atoms with van der Waals surface area (Å²) in [5.41, 5.74) is 0. The summed E-state index contributed by atoms with van der Waals surface area (Å²) < 4.78 is 72.7. The van der Waals surface area contributed by atoms with Gasteiger partial charge in [-0.25, -0.2) is 8.78 Å². The molecule has 0 nitrogen and oxygen atoms in total. The zero-order chi connectivity index (χ0) is 9.57. The predicted molar refractivity (Wildman–Crippen MR) is 34.3 cm³/mol. The molecule has 1 heterocycles. The Balaban J connectivity index is 3.10. The van der Waals surface area contributed by atoms with Crippen molar-refractivity contribution in [3.63, 3.8) is 0 Å². The Morgan fingerprint density at radius 1 is 0.750 bits per heavy atom. The average Bonchev–Trinajstić information content (AvgIpc) is 1.96. The molecule has 1 aliphatic rings. The second kappa shape index (κ2) is 2.76. The number of alkyl halides is 4. The summed E-state index contributed by atoms with van der Waals surface area (Å²) in [4.78, 5) is 0. The molecule has 0 atom stereocenters. The van der Waals surface area contributed by atoms with Crippen molar-refractivity contribution in [1.29, 1.82) is 0 Å². The van der Waals surface area contributed by atoms with Crippen LogP contribution in [-0.4, -0.2) is 10.5 Å². The van der Waals surface area contributed by atoms with Crippen LogP contribution in [0, 0.1) is 0 Å². The van der Waals surface area contributed by atoms with Crippen molar-refractivity contribution in [2.45, 2.75) is 10.5 Å². The Morgan fingerprint density at radius 3 is 1.25 bits per heavy atom. The van der Waals surface area contributed by atoms with E-state index in [1.807, 2.05) is 0 Å². The molecule has 0 aliphatic carbocycles. The minimum Gasteiger partial charge on any atom is -0.201 e. The van der Waals surface area contributed by atoms with Gasteiger partial charge in [-0.05, 0) is 21.6 Å². The molecule has 0 radical (unpaired) electrons. The van der Waals surface area contributed by atoms with Crippen LogP contribution in [-0.2, 0) is 0 Å². The molecule has 12 heavy (non-hydrogen) atoms. The number of hydrogen-bond donors (Lipinski definition) is 0. The van der Waals surface area contributed by atoms with Gasteiger partial charge in [0.25, 0.3) is 0 Å². The lowest BCUT2D eigenvalue weighted by molar-refractivity contribution is 0.0755. The molecule has 1 rings (SSSR count). The summed E-state index contributed by atoms with van der Waals surface area (Å²) in [5.74, 6) is -5.40. The highest BCUT2D eigenvalue weighted by molar-refractivity contribution is 8.77. The molecule has 1 aliphatic heterocycles. The van der Waals surface area contributed by atoms with Crippen molar-refractivity contribution < 1.29 is 26.3 Å². The van der Waals surface area contributed by atoms with Crippen LogP contribution < -0.4 is 0 Å². The molecule has 0 unspecified atom stereocenters. The topological polar surface area (TPSA) is 0 Å². The minimum absolute atomic E-state index is 0.700. The van der Waals surface area contributed by atoms with E-state index in [1.54, 1.807) is 0 Å². The Hall–Kier alpha value is 0.0200. The predicted octanol–water partition coefficient (Wildman–Crippen LogP) is 3.72. The molecule has 0 bridgehead atoms. The maximum atomic E-state index is 12.1. The molecule has 0 spiro atoms. The molecule has 0 fully saturated rings. The lowest BCUT2D eigenvalue weighted by Gasteiger charge is -2.23. The minimum atomic E-state index is -4.20. The van der Waals surface area contributed by atoms with E-state index in [0.29, 0.717) is 0 Å². The molecule has 0 saturated heterocycles. The first kappa shape index (κ1) is 10.1. The molecule has 70 valence electrons. The maximum absolute atomic E-state index is 12.1. The Bertz CT molecular complexity index is 210. The highest BCUT2D eigenvalue weighted by Gasteiger charge is 2.55. The van der Waals surface area contributed by atoms with Crippen LogP contribution >= 0.6 is 21.6 Å². The van der Waals surface area contributed by atoms with Crippen LogP contribution in [0.2, 0.25) is 0 Å². The Kier molecular flexibility index (Phi) is 2.32. The summed E-state index contributed by atoms with van der Waals surface area (Å²) in [6.45, 7) is 0. The summed E-state index contributed by atoms with van der Waals surface area (Å²) in [5, 5.41) is -8.40. The average molecular weight is 226 g/mol. The maximum Gasteiger partial charge on any atom is 0.357 e. The highest BCUT2D eigenvalue weighted by atomic mass is 33.1. The SMILES string of the molecule is FC1=C(F)C(F)(F)SSC1(F)F. The molecule has 8 heteroatoms. The molecule has 0 amide bonds. The zero-order valence-electron chi connectivity index (χ0n) is 5.08. The van der Waals surface area contributed by atoms with Gasteiger partial charge in [0.05, 0.1) is 0 Å². The van der Waals surface area contributed by atoms with Crippen LogP contribution in [0.25, 0.3) is 0 Å². The van der Waals surface area contributed by atoms with E-state index in [2.05, 4.69) is 0 Å². The van der Waals surface area contributed by atoms with Gasteiger partial charge >= 0.3 is 10.5 Å². The Labute approximate surface area is 70.8 Å². The van der Waals surface area contributed by atoms with Gasteiger partial charge in [-0.2, -0.15) is 17.6 Å². The largest absolute Gasteiger partial charge is 0.357 e. The van der Waals surface area contributed by atoms with Crippen LogP contribution in [0.4, 0.5) is 26.3 Å². The van der Waals surface area contributed by atoms with Crippen LogP contribution in [0.15, 0.2) is 11.7 Å². The van der Waals surface area contributed by atoms with E-state index in [0.717, 1.165) is 0 Å². The van der Waals surface area contributed by atoms with Crippen molar-refractivity contribution in [2.24, 2.45) is 0 Å². The fraction of sp³-hybridized carbons (Fsp3) is 0.500. The third kappa shape index (κ3) is 1.54. The fourth-order valence-electron chi connectivity index (χ4n) is 0.433. The van der Waals surface area contributed by atoms with Gasteiger partial charge in [0.1, 0.15) is 0 Å². The van der Waals surface area contributed by atoms with Gasteiger partial charge in [0, 0.05) is 0 Å². The number of halogens is 6. The summed E-state index contributed by atoms with van der Waals surface area (Å²) in [7, 11) is -1.40. The molecule has 0 aromatic carbocycles. The first-order valence-corrected chi connectivity index (χ1v) is 4.61. The van der Waals surface area contributed by atoms with Gasteiger partial charge in [-0.15, -0.1) is 0 Å². The van der Waals surface area contributed by atoms with Gasteiger partial charge in [-0.3, -0.25) is 0 Å². The normalized spacial score (nSPS) is 27.5. The van der Waals surface area contributed by atoms with E-state index in [1.165, 1.54) is 0 Å². The van der Waals surface area contributed by atoms with Crippen LogP contribution in [0.3, 0.4) is 0 Å². The second-order valence-electron chi connectivity index (χ2n) is 1.83. The van der Waals surface area contributed by atoms with Crippen molar-refractivity contribution in [1.82, 2.24) is 0 Å². The number of rotatable bonds is 0. The van der Waals surface area contributed by atoms with E-state index in [-0.39, 0.29) is 0 Å². The lowest BCUT2D eigenvalue weighted by atomic mass is 10.4. The van der Waals surface area contributed by atoms with E-state index in [4.69, 9.17) is 0 Å². The third-order valence-corrected chi connectivity index (χ3v) is 3.32. The van der Waals surface area contributed by atoms with E-state index >= 15 is 0 Å². The van der Waals surface area contributed by atoms with Crippen molar-refractivity contribution in [3.8, 4) is 0 Å². The van der Waals surface area contributed by atoms with E-state index in [9.17, 15) is 26.3 Å². The summed E-state index contributed by atoms with van der Waals surface area (Å²) in [6.07, 6.45) is 0. The first-order chi connectivity index (χ1) is 5.27. The smallest absolute Gasteiger partial charge is 0.201 e. The van der Waals surface area contributed by atoms with E-state index < -0.39 is 43.8 Å². The monoisotopic (exact) mass is 226 g/mol. The lowest BCUT2D eigenvalue weighted by Crippen LogP contribution is -2.24. The van der Waals surface area contributed by atoms with Crippen LogP contribution in [0.1, 0.15) is 0 Å². The summed E-state index contributed by atoms with van der Waals surface area (Å²) >= 11 is 0. The standard InChI is InChI=1S/C4F6S2/c5-1-2(6)4(9,10)12-11-3(1,7)8. The second-order valence-corrected chi connectivity index (χ2v) is 4.19. The molecule has 0 aromatic rings. The van der Waals surface area contributed by atoms with Gasteiger partial charge < -0.3 is 0 Å². The molecular formula is C4F6S2. The molecule has 0 N–H and O–H groups in total. The fourth-order valence-corrected chi connectivity index (χ4v) is 2.04. The highest BCUT2D eigenvalue weighted by Crippen LogP contribution is 2.59. The van der Waals surface area contributed by atoms with Gasteiger partial charge in [0.2, 0.25) is 11.7 Å². The van der Waals surface area contributed by atoms with Gasteiger partial charge in [0.15, 0.2) is 0 Å². The zero-order valence-corrected chi connectivity index (χ0v) is 6.72.